The molecule has 0 spiro atoms. The van der Waals surface area contributed by atoms with E-state index in [-0.39, 0.29) is 6.61 Å². The molecule has 0 bridgehead atoms. The number of hydrogen-bond donors (Lipinski definition) is 3. The number of carboxylic acids is 1. The minimum Gasteiger partial charge on any atom is -0.481 e. The predicted molar refractivity (Wildman–Crippen MR) is 58.5 cm³/mol. The molecule has 7 nitrogen and oxygen atoms in total. The zero-order valence-electron chi connectivity index (χ0n) is 10.3. The van der Waals surface area contributed by atoms with Crippen LogP contribution >= 0.6 is 0 Å². The summed E-state index contributed by atoms with van der Waals surface area (Å²) in [6.07, 6.45) is -0.479. The zero-order chi connectivity index (χ0) is 13.4. The molecule has 0 saturated heterocycles. The van der Waals surface area contributed by atoms with Crippen molar-refractivity contribution in [3.8, 4) is 0 Å². The lowest BCUT2D eigenvalue weighted by molar-refractivity contribution is -0.858. The third-order valence-electron chi connectivity index (χ3n) is 1.89. The van der Waals surface area contributed by atoms with Gasteiger partial charge in [0.2, 0.25) is 5.91 Å². The second-order valence-corrected chi connectivity index (χ2v) is 3.98. The van der Waals surface area contributed by atoms with E-state index in [1.165, 1.54) is 6.92 Å². The summed E-state index contributed by atoms with van der Waals surface area (Å²) in [5.74, 6) is -2.35. The predicted octanol–water partition coefficient (Wildman–Crippen LogP) is -2.35. The number of carbonyl (C=O) groups excluding carboxylic acids is 2. The molecule has 0 aliphatic rings. The van der Waals surface area contributed by atoms with Gasteiger partial charge in [-0.15, -0.1) is 0 Å². The number of esters is 1. The van der Waals surface area contributed by atoms with Gasteiger partial charge < -0.3 is 20.1 Å². The van der Waals surface area contributed by atoms with Crippen LogP contribution in [0.25, 0.3) is 0 Å². The monoisotopic (exact) mass is 247 g/mol. The molecule has 17 heavy (non-hydrogen) atoms. The first-order chi connectivity index (χ1) is 7.82. The Labute approximate surface area is 99.7 Å². The molecule has 7 heteroatoms. The summed E-state index contributed by atoms with van der Waals surface area (Å²) in [7, 11) is 3.80. The lowest BCUT2D eigenvalue weighted by atomic mass is 10.2. The highest BCUT2D eigenvalue weighted by Crippen LogP contribution is 1.96. The average Bonchev–Trinajstić information content (AvgIpc) is 2.14. The Kier molecular flexibility index (Phi) is 6.88. The van der Waals surface area contributed by atoms with Gasteiger partial charge in [-0.05, 0) is 0 Å². The van der Waals surface area contributed by atoms with Crippen LogP contribution in [0, 0.1) is 0 Å². The Morgan fingerprint density at radius 3 is 2.35 bits per heavy atom. The minimum atomic E-state index is -1.17. The van der Waals surface area contributed by atoms with Gasteiger partial charge in [0.1, 0.15) is 19.2 Å². The van der Waals surface area contributed by atoms with Crippen molar-refractivity contribution >= 4 is 17.8 Å². The number of amides is 1. The summed E-state index contributed by atoms with van der Waals surface area (Å²) in [5.41, 5.74) is 0. The Bertz CT molecular complexity index is 274. The molecule has 0 saturated carbocycles. The highest BCUT2D eigenvalue weighted by atomic mass is 16.5. The Balaban J connectivity index is 4.22. The molecule has 0 radical (unpaired) electrons. The van der Waals surface area contributed by atoms with Crippen LogP contribution in [-0.2, 0) is 19.1 Å². The van der Waals surface area contributed by atoms with E-state index in [0.717, 1.165) is 4.90 Å². The molecule has 0 aliphatic heterocycles. The van der Waals surface area contributed by atoms with Crippen LogP contribution in [0.4, 0.5) is 0 Å². The molecule has 0 rings (SSSR count). The number of carbonyl (C=O) groups is 3. The molecule has 0 aromatic heterocycles. The third kappa shape index (κ3) is 8.21. The lowest BCUT2D eigenvalue weighted by Gasteiger charge is -2.15. The van der Waals surface area contributed by atoms with Gasteiger partial charge in [0.15, 0.2) is 0 Å². The van der Waals surface area contributed by atoms with E-state index in [4.69, 9.17) is 9.84 Å². The molecule has 0 heterocycles. The van der Waals surface area contributed by atoms with E-state index in [1.54, 1.807) is 0 Å². The number of hydrogen-bond acceptors (Lipinski definition) is 4. The van der Waals surface area contributed by atoms with Gasteiger partial charge in [-0.1, -0.05) is 0 Å². The summed E-state index contributed by atoms with van der Waals surface area (Å²) < 4.78 is 4.88. The molecule has 98 valence electrons. The van der Waals surface area contributed by atoms with Crippen molar-refractivity contribution in [1.29, 1.82) is 0 Å². The maximum atomic E-state index is 11.5. The third-order valence-corrected chi connectivity index (χ3v) is 1.89. The van der Waals surface area contributed by atoms with E-state index in [1.807, 2.05) is 14.1 Å². The van der Waals surface area contributed by atoms with Gasteiger partial charge in [0.05, 0.1) is 20.5 Å². The van der Waals surface area contributed by atoms with E-state index < -0.39 is 30.3 Å². The number of nitrogens with one attached hydrogen (secondary N) is 2. The van der Waals surface area contributed by atoms with Gasteiger partial charge >= 0.3 is 11.9 Å². The van der Waals surface area contributed by atoms with Gasteiger partial charge in [0.25, 0.3) is 0 Å². The van der Waals surface area contributed by atoms with Gasteiger partial charge in [-0.3, -0.25) is 9.59 Å². The lowest BCUT2D eigenvalue weighted by Crippen LogP contribution is -3.06. The Morgan fingerprint density at radius 2 is 1.94 bits per heavy atom. The minimum absolute atomic E-state index is 0.191. The van der Waals surface area contributed by atoms with Crippen molar-refractivity contribution in [2.45, 2.75) is 19.4 Å². The van der Waals surface area contributed by atoms with Gasteiger partial charge in [0, 0.05) is 6.92 Å². The molecule has 1 atom stereocenters. The van der Waals surface area contributed by atoms with Crippen molar-refractivity contribution < 1.29 is 29.1 Å². The molecule has 1 amide bonds. The SMILES string of the molecule is CC(=O)N[C@@H](CC(=O)O)C(=O)OCC[NH+](C)C. The van der Waals surface area contributed by atoms with Crippen LogP contribution in [0.1, 0.15) is 13.3 Å². The highest BCUT2D eigenvalue weighted by Gasteiger charge is 2.24. The van der Waals surface area contributed by atoms with Crippen LogP contribution in [0.2, 0.25) is 0 Å². The first-order valence-corrected chi connectivity index (χ1v) is 5.27. The van der Waals surface area contributed by atoms with Crippen molar-refractivity contribution in [2.75, 3.05) is 27.2 Å². The molecule has 0 fully saturated rings. The van der Waals surface area contributed by atoms with Gasteiger partial charge in [-0.2, -0.15) is 0 Å². The molecular weight excluding hydrogens is 228 g/mol. The van der Waals surface area contributed by atoms with Crippen LogP contribution in [0.15, 0.2) is 0 Å². The fourth-order valence-corrected chi connectivity index (χ4v) is 1.07. The van der Waals surface area contributed by atoms with Crippen LogP contribution < -0.4 is 10.2 Å². The van der Waals surface area contributed by atoms with Crippen LogP contribution in [0.3, 0.4) is 0 Å². The molecule has 3 N–H and O–H groups in total. The molecule has 0 aromatic rings. The van der Waals surface area contributed by atoms with Crippen molar-refractivity contribution in [3.63, 3.8) is 0 Å². The van der Waals surface area contributed by atoms with E-state index >= 15 is 0 Å². The fraction of sp³-hybridized carbons (Fsp3) is 0.700. The molecule has 0 unspecified atom stereocenters. The Hall–Kier alpha value is -1.63. The second-order valence-electron chi connectivity index (χ2n) is 3.98. The second kappa shape index (κ2) is 7.61. The highest BCUT2D eigenvalue weighted by molar-refractivity contribution is 5.86. The number of carboxylic acid groups (broad SMARTS) is 1. The first-order valence-electron chi connectivity index (χ1n) is 5.27. The first kappa shape index (κ1) is 15.4. The smallest absolute Gasteiger partial charge is 0.329 e. The van der Waals surface area contributed by atoms with Crippen LogP contribution in [0.5, 0.6) is 0 Å². The topological polar surface area (TPSA) is 97.1 Å². The fourth-order valence-electron chi connectivity index (χ4n) is 1.07. The standard InChI is InChI=1S/C10H18N2O5/c1-7(13)11-8(6-9(14)15)10(16)17-5-4-12(2)3/h8H,4-6H2,1-3H3,(H,11,13)(H,14,15)/p+1/t8-/m0/s1. The zero-order valence-corrected chi connectivity index (χ0v) is 10.3. The molecular formula is C10H19N2O5+. The van der Waals surface area contributed by atoms with E-state index in [9.17, 15) is 14.4 Å². The van der Waals surface area contributed by atoms with E-state index in [0.29, 0.717) is 6.54 Å². The maximum Gasteiger partial charge on any atom is 0.329 e. The number of quaternary nitrogens is 1. The van der Waals surface area contributed by atoms with Crippen LogP contribution in [-0.4, -0.2) is 56.2 Å². The van der Waals surface area contributed by atoms with Crippen molar-refractivity contribution in [1.82, 2.24) is 5.32 Å². The van der Waals surface area contributed by atoms with Crippen molar-refractivity contribution in [2.24, 2.45) is 0 Å². The summed E-state index contributed by atoms with van der Waals surface area (Å²) in [6, 6.07) is -1.12. The number of likely N-dealkylation sites (N-methyl/N-ethyl adjacent to an activating group) is 1. The maximum absolute atomic E-state index is 11.5. The molecule has 0 aromatic carbocycles. The van der Waals surface area contributed by atoms with E-state index in [2.05, 4.69) is 5.32 Å². The summed E-state index contributed by atoms with van der Waals surface area (Å²) in [5, 5.41) is 10.8. The number of ether oxygens (including phenoxy) is 1. The summed E-state index contributed by atoms with van der Waals surface area (Å²) in [6.45, 7) is 2.02. The van der Waals surface area contributed by atoms with Crippen molar-refractivity contribution in [3.05, 3.63) is 0 Å². The normalized spacial score (nSPS) is 12.0. The van der Waals surface area contributed by atoms with Gasteiger partial charge in [-0.25, -0.2) is 4.79 Å². The Morgan fingerprint density at radius 1 is 1.35 bits per heavy atom. The number of aliphatic carboxylic acids is 1. The quantitative estimate of drug-likeness (QED) is 0.438. The average molecular weight is 247 g/mol. The largest absolute Gasteiger partial charge is 0.481 e. The molecule has 0 aliphatic carbocycles. The summed E-state index contributed by atoms with van der Waals surface area (Å²) >= 11 is 0. The summed E-state index contributed by atoms with van der Waals surface area (Å²) in [4.78, 5) is 33.9. The number of rotatable bonds is 7.